The van der Waals surface area contributed by atoms with Crippen LogP contribution in [0.1, 0.15) is 56.3 Å². The Hall–Kier alpha value is -1.60. The third-order valence-corrected chi connectivity index (χ3v) is 5.89. The van der Waals surface area contributed by atoms with Crippen LogP contribution in [-0.2, 0) is 10.0 Å². The molecule has 0 aromatic heterocycles. The average Bonchev–Trinajstić information content (AvgIpc) is 2.54. The topological polar surface area (TPSA) is 86.7 Å². The van der Waals surface area contributed by atoms with Crippen molar-refractivity contribution in [3.05, 3.63) is 23.8 Å². The van der Waals surface area contributed by atoms with Crippen LogP contribution >= 0.6 is 0 Å². The lowest BCUT2D eigenvalue weighted by atomic mass is 10.1. The second-order valence-electron chi connectivity index (χ2n) is 6.35. The van der Waals surface area contributed by atoms with Gasteiger partial charge in [-0.2, -0.15) is 0 Å². The quantitative estimate of drug-likeness (QED) is 0.786. The molecule has 1 aromatic carbocycles. The second kappa shape index (κ2) is 7.98. The molecule has 134 valence electrons. The monoisotopic (exact) mass is 354 g/mol. The van der Waals surface area contributed by atoms with Gasteiger partial charge in [-0.3, -0.25) is 0 Å². The number of sulfonamides is 1. The number of carboxylic acids is 1. The number of hydrogen-bond donors (Lipinski definition) is 2. The molecule has 1 aliphatic heterocycles. The van der Waals surface area contributed by atoms with Gasteiger partial charge >= 0.3 is 5.97 Å². The van der Waals surface area contributed by atoms with Crippen molar-refractivity contribution in [1.82, 2.24) is 4.72 Å². The largest absolute Gasteiger partial charge is 0.478 e. The minimum atomic E-state index is -3.77. The van der Waals surface area contributed by atoms with E-state index in [0.717, 1.165) is 45.2 Å². The average molecular weight is 354 g/mol. The molecule has 2 N–H and O–H groups in total. The standard InChI is InChI=1S/C17H26N2O4S/c1-3-7-13(2)18-24(22,23)16-12-14(17(20)21)8-9-15(16)19-10-5-4-6-11-19/h8-9,12-13,18H,3-7,10-11H2,1-2H3,(H,20,21). The summed E-state index contributed by atoms with van der Waals surface area (Å²) in [5.41, 5.74) is 0.579. The van der Waals surface area contributed by atoms with Gasteiger partial charge in [0.1, 0.15) is 4.90 Å². The summed E-state index contributed by atoms with van der Waals surface area (Å²) in [6.07, 6.45) is 4.77. The highest BCUT2D eigenvalue weighted by molar-refractivity contribution is 7.89. The van der Waals surface area contributed by atoms with Crippen molar-refractivity contribution >= 4 is 21.7 Å². The number of nitrogens with one attached hydrogen (secondary N) is 1. The number of carbonyl (C=O) groups is 1. The number of nitrogens with zero attached hydrogens (tertiary/aromatic N) is 1. The normalized spacial score (nSPS) is 16.8. The van der Waals surface area contributed by atoms with Crippen molar-refractivity contribution in [1.29, 1.82) is 0 Å². The highest BCUT2D eigenvalue weighted by Gasteiger charge is 2.25. The van der Waals surface area contributed by atoms with E-state index in [0.29, 0.717) is 5.69 Å². The number of benzene rings is 1. The van der Waals surface area contributed by atoms with Crippen molar-refractivity contribution in [3.63, 3.8) is 0 Å². The van der Waals surface area contributed by atoms with Crippen molar-refractivity contribution in [2.75, 3.05) is 18.0 Å². The number of anilines is 1. The van der Waals surface area contributed by atoms with Gasteiger partial charge in [0, 0.05) is 19.1 Å². The first-order chi connectivity index (χ1) is 11.3. The van der Waals surface area contributed by atoms with Crippen LogP contribution in [0, 0.1) is 0 Å². The third-order valence-electron chi connectivity index (χ3n) is 4.27. The molecule has 2 rings (SSSR count). The fraction of sp³-hybridized carbons (Fsp3) is 0.588. The minimum Gasteiger partial charge on any atom is -0.478 e. The lowest BCUT2D eigenvalue weighted by molar-refractivity contribution is 0.0696. The van der Waals surface area contributed by atoms with Gasteiger partial charge in [0.05, 0.1) is 11.3 Å². The van der Waals surface area contributed by atoms with E-state index >= 15 is 0 Å². The van der Waals surface area contributed by atoms with Gasteiger partial charge in [0.2, 0.25) is 10.0 Å². The van der Waals surface area contributed by atoms with Crippen LogP contribution in [0.3, 0.4) is 0 Å². The fourth-order valence-corrected chi connectivity index (χ4v) is 4.61. The maximum absolute atomic E-state index is 12.8. The van der Waals surface area contributed by atoms with Gasteiger partial charge in [-0.05, 0) is 50.8 Å². The Morgan fingerprint density at radius 1 is 1.29 bits per heavy atom. The maximum Gasteiger partial charge on any atom is 0.335 e. The Morgan fingerprint density at radius 2 is 1.96 bits per heavy atom. The molecule has 0 bridgehead atoms. The predicted molar refractivity (Wildman–Crippen MR) is 94.2 cm³/mol. The van der Waals surface area contributed by atoms with Gasteiger partial charge in [0.25, 0.3) is 0 Å². The predicted octanol–water partition coefficient (Wildman–Crippen LogP) is 2.84. The van der Waals surface area contributed by atoms with Crippen LogP contribution in [0.25, 0.3) is 0 Å². The summed E-state index contributed by atoms with van der Waals surface area (Å²) in [4.78, 5) is 13.4. The highest BCUT2D eigenvalue weighted by Crippen LogP contribution is 2.29. The smallest absolute Gasteiger partial charge is 0.335 e. The summed E-state index contributed by atoms with van der Waals surface area (Å²) >= 11 is 0. The first-order valence-corrected chi connectivity index (χ1v) is 9.98. The van der Waals surface area contributed by atoms with Crippen LogP contribution in [0.2, 0.25) is 0 Å². The van der Waals surface area contributed by atoms with Gasteiger partial charge in [0.15, 0.2) is 0 Å². The van der Waals surface area contributed by atoms with Crippen LogP contribution in [-0.4, -0.2) is 38.6 Å². The Morgan fingerprint density at radius 3 is 2.54 bits per heavy atom. The zero-order valence-corrected chi connectivity index (χ0v) is 15.1. The molecule has 0 amide bonds. The molecule has 1 heterocycles. The van der Waals surface area contributed by atoms with E-state index in [2.05, 4.69) is 4.72 Å². The molecule has 1 fully saturated rings. The van der Waals surface area contributed by atoms with E-state index in [9.17, 15) is 18.3 Å². The molecular formula is C17H26N2O4S. The summed E-state index contributed by atoms with van der Waals surface area (Å²) in [5.74, 6) is -1.13. The van der Waals surface area contributed by atoms with Crippen molar-refractivity contribution in [2.45, 2.75) is 56.9 Å². The summed E-state index contributed by atoms with van der Waals surface area (Å²) in [6.45, 7) is 5.40. The van der Waals surface area contributed by atoms with Crippen LogP contribution in [0.5, 0.6) is 0 Å². The first kappa shape index (κ1) is 18.7. The summed E-state index contributed by atoms with van der Waals surface area (Å²) < 4.78 is 28.3. The van der Waals surface area contributed by atoms with E-state index in [1.807, 2.05) is 18.7 Å². The Bertz CT molecular complexity index is 682. The molecule has 1 atom stereocenters. The maximum atomic E-state index is 12.8. The number of piperidine rings is 1. The molecule has 1 aliphatic rings. The van der Waals surface area contributed by atoms with Crippen molar-refractivity contribution < 1.29 is 18.3 Å². The Balaban J connectivity index is 2.43. The molecule has 1 unspecified atom stereocenters. The highest BCUT2D eigenvalue weighted by atomic mass is 32.2. The van der Waals surface area contributed by atoms with E-state index < -0.39 is 16.0 Å². The van der Waals surface area contributed by atoms with Crippen LogP contribution < -0.4 is 9.62 Å². The Labute approximate surface area is 143 Å². The molecule has 6 nitrogen and oxygen atoms in total. The minimum absolute atomic E-state index is 0.0146. The molecule has 0 aliphatic carbocycles. The molecule has 0 spiro atoms. The second-order valence-corrected chi connectivity index (χ2v) is 8.03. The SMILES string of the molecule is CCCC(C)NS(=O)(=O)c1cc(C(=O)O)ccc1N1CCCCC1. The van der Waals surface area contributed by atoms with E-state index in [-0.39, 0.29) is 16.5 Å². The van der Waals surface area contributed by atoms with Crippen LogP contribution in [0.4, 0.5) is 5.69 Å². The molecule has 0 radical (unpaired) electrons. The zero-order chi connectivity index (χ0) is 17.7. The van der Waals surface area contributed by atoms with Gasteiger partial charge in [-0.15, -0.1) is 0 Å². The Kier molecular flexibility index (Phi) is 6.23. The van der Waals surface area contributed by atoms with Gasteiger partial charge in [-0.25, -0.2) is 17.9 Å². The third kappa shape index (κ3) is 4.48. The molecule has 0 saturated carbocycles. The number of aromatic carboxylic acids is 1. The summed E-state index contributed by atoms with van der Waals surface area (Å²) in [5, 5.41) is 9.21. The molecule has 1 saturated heterocycles. The first-order valence-electron chi connectivity index (χ1n) is 8.49. The van der Waals surface area contributed by atoms with E-state index in [1.54, 1.807) is 6.07 Å². The van der Waals surface area contributed by atoms with E-state index in [4.69, 9.17) is 0 Å². The van der Waals surface area contributed by atoms with Crippen molar-refractivity contribution in [3.8, 4) is 0 Å². The number of rotatable bonds is 7. The van der Waals surface area contributed by atoms with Gasteiger partial charge < -0.3 is 10.0 Å². The molecule has 24 heavy (non-hydrogen) atoms. The fourth-order valence-electron chi connectivity index (χ4n) is 3.08. The van der Waals surface area contributed by atoms with Gasteiger partial charge in [-0.1, -0.05) is 13.3 Å². The lowest BCUT2D eigenvalue weighted by Gasteiger charge is -2.30. The molecular weight excluding hydrogens is 328 g/mol. The number of hydrogen-bond acceptors (Lipinski definition) is 4. The summed E-state index contributed by atoms with van der Waals surface area (Å²) in [6, 6.07) is 4.17. The lowest BCUT2D eigenvalue weighted by Crippen LogP contribution is -2.35. The molecule has 1 aromatic rings. The number of carboxylic acid groups (broad SMARTS) is 1. The zero-order valence-electron chi connectivity index (χ0n) is 14.3. The molecule has 7 heteroatoms. The summed E-state index contributed by atoms with van der Waals surface area (Å²) in [7, 11) is -3.77. The van der Waals surface area contributed by atoms with E-state index in [1.165, 1.54) is 12.1 Å². The van der Waals surface area contributed by atoms with Crippen molar-refractivity contribution in [2.24, 2.45) is 0 Å². The van der Waals surface area contributed by atoms with Crippen LogP contribution in [0.15, 0.2) is 23.1 Å².